The number of nitrogens with one attached hydrogen (secondary N) is 3. The highest BCUT2D eigenvalue weighted by atomic mass is 16.2. The van der Waals surface area contributed by atoms with E-state index < -0.39 is 0 Å². The van der Waals surface area contributed by atoms with Crippen LogP contribution in [0.5, 0.6) is 0 Å². The van der Waals surface area contributed by atoms with Crippen LogP contribution in [-0.4, -0.2) is 37.5 Å². The van der Waals surface area contributed by atoms with E-state index in [2.05, 4.69) is 16.0 Å². The Balaban J connectivity index is 1.66. The zero-order valence-corrected chi connectivity index (χ0v) is 11.5. The van der Waals surface area contributed by atoms with Crippen molar-refractivity contribution >= 4 is 11.8 Å². The standard InChI is InChI=1S/C15H21N3O2/c19-14(10-12-4-2-1-3-5-12)17-11-15(20)18-13-6-8-16-9-7-13/h1-5,13,16H,6-11H2,(H,17,19)(H,18,20). The van der Waals surface area contributed by atoms with Gasteiger partial charge >= 0.3 is 0 Å². The van der Waals surface area contributed by atoms with Crippen molar-refractivity contribution in [2.24, 2.45) is 0 Å². The summed E-state index contributed by atoms with van der Waals surface area (Å²) in [6.45, 7) is 1.92. The van der Waals surface area contributed by atoms with E-state index in [1.54, 1.807) is 0 Å². The molecule has 108 valence electrons. The van der Waals surface area contributed by atoms with Crippen LogP contribution in [0.1, 0.15) is 18.4 Å². The van der Waals surface area contributed by atoms with E-state index >= 15 is 0 Å². The number of carbonyl (C=O) groups excluding carboxylic acids is 2. The Labute approximate surface area is 119 Å². The van der Waals surface area contributed by atoms with Gasteiger partial charge in [0.25, 0.3) is 0 Å². The van der Waals surface area contributed by atoms with Gasteiger partial charge in [-0.05, 0) is 31.5 Å². The summed E-state index contributed by atoms with van der Waals surface area (Å²) in [5.74, 6) is -0.241. The highest BCUT2D eigenvalue weighted by Gasteiger charge is 2.15. The van der Waals surface area contributed by atoms with Crippen LogP contribution in [0.2, 0.25) is 0 Å². The minimum atomic E-state index is -0.128. The maximum Gasteiger partial charge on any atom is 0.239 e. The molecule has 5 heteroatoms. The van der Waals surface area contributed by atoms with E-state index in [4.69, 9.17) is 0 Å². The largest absolute Gasteiger partial charge is 0.352 e. The molecule has 0 atom stereocenters. The van der Waals surface area contributed by atoms with E-state index in [1.165, 1.54) is 0 Å². The van der Waals surface area contributed by atoms with E-state index in [9.17, 15) is 9.59 Å². The van der Waals surface area contributed by atoms with Crippen molar-refractivity contribution in [1.29, 1.82) is 0 Å². The lowest BCUT2D eigenvalue weighted by Crippen LogP contribution is -2.46. The Kier molecular flexibility index (Phi) is 5.55. The summed E-state index contributed by atoms with van der Waals surface area (Å²) in [4.78, 5) is 23.4. The molecule has 5 nitrogen and oxygen atoms in total. The maximum absolute atomic E-state index is 11.7. The van der Waals surface area contributed by atoms with Crippen LogP contribution in [0.3, 0.4) is 0 Å². The van der Waals surface area contributed by atoms with Gasteiger partial charge in [-0.3, -0.25) is 9.59 Å². The summed E-state index contributed by atoms with van der Waals surface area (Å²) in [5, 5.41) is 8.84. The van der Waals surface area contributed by atoms with Crippen LogP contribution < -0.4 is 16.0 Å². The lowest BCUT2D eigenvalue weighted by molar-refractivity contribution is -0.126. The monoisotopic (exact) mass is 275 g/mol. The molecule has 0 radical (unpaired) electrons. The summed E-state index contributed by atoms with van der Waals surface area (Å²) in [6.07, 6.45) is 2.20. The summed E-state index contributed by atoms with van der Waals surface area (Å²) in [6, 6.07) is 9.73. The predicted molar refractivity (Wildman–Crippen MR) is 77.2 cm³/mol. The Morgan fingerprint density at radius 1 is 1.10 bits per heavy atom. The fraction of sp³-hybridized carbons (Fsp3) is 0.467. The quantitative estimate of drug-likeness (QED) is 0.719. The van der Waals surface area contributed by atoms with E-state index in [0.717, 1.165) is 31.5 Å². The third-order valence-corrected chi connectivity index (χ3v) is 3.36. The summed E-state index contributed by atoms with van der Waals surface area (Å²) in [7, 11) is 0. The molecule has 1 aromatic carbocycles. The predicted octanol–water partition coefficient (Wildman–Crippen LogP) is 0.214. The third kappa shape index (κ3) is 5.01. The second-order valence-corrected chi connectivity index (χ2v) is 5.03. The summed E-state index contributed by atoms with van der Waals surface area (Å²) in [5.41, 5.74) is 0.948. The molecule has 2 rings (SSSR count). The van der Waals surface area contributed by atoms with E-state index in [0.29, 0.717) is 6.42 Å². The second kappa shape index (κ2) is 7.65. The van der Waals surface area contributed by atoms with Crippen LogP contribution >= 0.6 is 0 Å². The van der Waals surface area contributed by atoms with Gasteiger partial charge in [0.05, 0.1) is 13.0 Å². The highest BCUT2D eigenvalue weighted by molar-refractivity contribution is 5.85. The van der Waals surface area contributed by atoms with E-state index in [1.807, 2.05) is 30.3 Å². The Hall–Kier alpha value is -1.88. The minimum Gasteiger partial charge on any atom is -0.352 e. The van der Waals surface area contributed by atoms with E-state index in [-0.39, 0.29) is 24.4 Å². The molecule has 3 N–H and O–H groups in total. The van der Waals surface area contributed by atoms with Gasteiger partial charge in [0.2, 0.25) is 11.8 Å². The van der Waals surface area contributed by atoms with Crippen LogP contribution in [0.25, 0.3) is 0 Å². The summed E-state index contributed by atoms with van der Waals surface area (Å²) >= 11 is 0. The normalized spacial score (nSPS) is 15.6. The van der Waals surface area contributed by atoms with Gasteiger partial charge in [0, 0.05) is 6.04 Å². The number of rotatable bonds is 5. The maximum atomic E-state index is 11.7. The molecule has 1 aliphatic rings. The van der Waals surface area contributed by atoms with Crippen molar-refractivity contribution in [3.63, 3.8) is 0 Å². The first-order valence-corrected chi connectivity index (χ1v) is 7.05. The molecule has 1 fully saturated rings. The fourth-order valence-electron chi connectivity index (χ4n) is 2.27. The number of benzene rings is 1. The number of amides is 2. The molecule has 0 bridgehead atoms. The van der Waals surface area contributed by atoms with Crippen molar-refractivity contribution in [2.45, 2.75) is 25.3 Å². The first kappa shape index (κ1) is 14.5. The smallest absolute Gasteiger partial charge is 0.239 e. The molecule has 0 saturated carbocycles. The first-order valence-electron chi connectivity index (χ1n) is 7.05. The molecule has 0 aliphatic carbocycles. The molecule has 2 amide bonds. The molecular formula is C15H21N3O2. The lowest BCUT2D eigenvalue weighted by Gasteiger charge is -2.23. The topological polar surface area (TPSA) is 70.2 Å². The number of hydrogen-bond donors (Lipinski definition) is 3. The molecular weight excluding hydrogens is 254 g/mol. The van der Waals surface area contributed by atoms with Gasteiger partial charge < -0.3 is 16.0 Å². The fourth-order valence-corrected chi connectivity index (χ4v) is 2.27. The second-order valence-electron chi connectivity index (χ2n) is 5.03. The molecule has 1 heterocycles. The Bertz CT molecular complexity index is 442. The average Bonchev–Trinajstić information content (AvgIpc) is 2.47. The van der Waals surface area contributed by atoms with Crippen molar-refractivity contribution in [3.8, 4) is 0 Å². The Morgan fingerprint density at radius 3 is 2.50 bits per heavy atom. The molecule has 1 saturated heterocycles. The van der Waals surface area contributed by atoms with Crippen LogP contribution in [-0.2, 0) is 16.0 Å². The molecule has 20 heavy (non-hydrogen) atoms. The molecule has 0 unspecified atom stereocenters. The molecule has 1 aromatic rings. The van der Waals surface area contributed by atoms with Crippen molar-refractivity contribution in [1.82, 2.24) is 16.0 Å². The SMILES string of the molecule is O=C(Cc1ccccc1)NCC(=O)NC1CCNCC1. The van der Waals surface area contributed by atoms with Crippen molar-refractivity contribution < 1.29 is 9.59 Å². The van der Waals surface area contributed by atoms with Crippen LogP contribution in [0, 0.1) is 0 Å². The minimum absolute atomic E-state index is 0.0512. The lowest BCUT2D eigenvalue weighted by atomic mass is 10.1. The number of carbonyl (C=O) groups is 2. The van der Waals surface area contributed by atoms with Gasteiger partial charge in [-0.1, -0.05) is 30.3 Å². The first-order chi connectivity index (χ1) is 9.74. The molecule has 1 aliphatic heterocycles. The summed E-state index contributed by atoms with van der Waals surface area (Å²) < 4.78 is 0. The van der Waals surface area contributed by atoms with Gasteiger partial charge in [-0.25, -0.2) is 0 Å². The highest BCUT2D eigenvalue weighted by Crippen LogP contribution is 2.01. The van der Waals surface area contributed by atoms with Gasteiger partial charge in [0.1, 0.15) is 0 Å². The third-order valence-electron chi connectivity index (χ3n) is 3.36. The van der Waals surface area contributed by atoms with Crippen LogP contribution in [0.4, 0.5) is 0 Å². The van der Waals surface area contributed by atoms with Gasteiger partial charge in [-0.15, -0.1) is 0 Å². The average molecular weight is 275 g/mol. The van der Waals surface area contributed by atoms with Crippen molar-refractivity contribution in [3.05, 3.63) is 35.9 Å². The number of hydrogen-bond acceptors (Lipinski definition) is 3. The zero-order chi connectivity index (χ0) is 14.2. The zero-order valence-electron chi connectivity index (χ0n) is 11.5. The molecule has 0 aromatic heterocycles. The van der Waals surface area contributed by atoms with Crippen molar-refractivity contribution in [2.75, 3.05) is 19.6 Å². The molecule has 0 spiro atoms. The Morgan fingerprint density at radius 2 is 1.80 bits per heavy atom. The van der Waals surface area contributed by atoms with Gasteiger partial charge in [0.15, 0.2) is 0 Å². The van der Waals surface area contributed by atoms with Crippen LogP contribution in [0.15, 0.2) is 30.3 Å². The number of piperidine rings is 1. The van der Waals surface area contributed by atoms with Gasteiger partial charge in [-0.2, -0.15) is 0 Å².